The molecule has 0 radical (unpaired) electrons. The Hall–Kier alpha value is -1.22. The molecule has 0 bridgehead atoms. The first-order valence-electron chi connectivity index (χ1n) is 4.40. The highest BCUT2D eigenvalue weighted by Gasteiger charge is 2.00. The normalized spacial score (nSPS) is 10.0. The Bertz CT molecular complexity index is 274. The van der Waals surface area contributed by atoms with Crippen LogP contribution in [0.15, 0.2) is 18.2 Å². The van der Waals surface area contributed by atoms with Gasteiger partial charge in [-0.2, -0.15) is 0 Å². The fourth-order valence-electron chi connectivity index (χ4n) is 1.22. The zero-order chi connectivity index (χ0) is 9.68. The molecule has 1 aromatic rings. The molecular weight excluding hydrogens is 164 g/mol. The van der Waals surface area contributed by atoms with Crippen LogP contribution in [-0.2, 0) is 6.42 Å². The predicted octanol–water partition coefficient (Wildman–Crippen LogP) is 1.17. The number of aryl methyl sites for hydroxylation is 1. The van der Waals surface area contributed by atoms with Gasteiger partial charge in [-0.1, -0.05) is 0 Å². The summed E-state index contributed by atoms with van der Waals surface area (Å²) in [6.07, 6.45) is 1.87. The highest BCUT2D eigenvalue weighted by molar-refractivity contribution is 5.50. The summed E-state index contributed by atoms with van der Waals surface area (Å²) in [5.41, 5.74) is 13.1. The van der Waals surface area contributed by atoms with Gasteiger partial charge in [0.2, 0.25) is 0 Å². The molecule has 0 heterocycles. The fourth-order valence-corrected chi connectivity index (χ4v) is 1.22. The molecule has 0 saturated heterocycles. The molecule has 0 spiro atoms. The van der Waals surface area contributed by atoms with Gasteiger partial charge in [0.1, 0.15) is 5.75 Å². The first-order valence-corrected chi connectivity index (χ1v) is 4.40. The van der Waals surface area contributed by atoms with Gasteiger partial charge in [0.25, 0.3) is 0 Å². The summed E-state index contributed by atoms with van der Waals surface area (Å²) in [7, 11) is 1.65. The van der Waals surface area contributed by atoms with Gasteiger partial charge in [-0.15, -0.1) is 0 Å². The van der Waals surface area contributed by atoms with Crippen molar-refractivity contribution in [2.24, 2.45) is 5.73 Å². The van der Waals surface area contributed by atoms with E-state index in [9.17, 15) is 0 Å². The quantitative estimate of drug-likeness (QED) is 0.684. The van der Waals surface area contributed by atoms with Crippen LogP contribution in [0.4, 0.5) is 5.69 Å². The van der Waals surface area contributed by atoms with Crippen LogP contribution in [0, 0.1) is 0 Å². The summed E-state index contributed by atoms with van der Waals surface area (Å²) >= 11 is 0. The highest BCUT2D eigenvalue weighted by Crippen LogP contribution is 2.20. The zero-order valence-electron chi connectivity index (χ0n) is 7.92. The van der Waals surface area contributed by atoms with Gasteiger partial charge >= 0.3 is 0 Å². The first-order chi connectivity index (χ1) is 6.27. The molecule has 0 atom stereocenters. The van der Waals surface area contributed by atoms with Crippen LogP contribution in [-0.4, -0.2) is 13.7 Å². The van der Waals surface area contributed by atoms with Gasteiger partial charge in [0.15, 0.2) is 0 Å². The van der Waals surface area contributed by atoms with Crippen molar-refractivity contribution in [2.75, 3.05) is 19.4 Å². The summed E-state index contributed by atoms with van der Waals surface area (Å²) < 4.78 is 5.10. The second kappa shape index (κ2) is 4.72. The molecule has 0 aliphatic heterocycles. The van der Waals surface area contributed by atoms with Crippen molar-refractivity contribution in [1.82, 2.24) is 0 Å². The topological polar surface area (TPSA) is 61.3 Å². The molecule has 0 aromatic heterocycles. The third kappa shape index (κ3) is 2.63. The second-order valence-electron chi connectivity index (χ2n) is 2.96. The number of nitrogens with two attached hydrogens (primary N) is 2. The van der Waals surface area contributed by atoms with Crippen LogP contribution in [0.5, 0.6) is 5.75 Å². The molecule has 72 valence electrons. The van der Waals surface area contributed by atoms with Crippen molar-refractivity contribution >= 4 is 5.69 Å². The molecule has 13 heavy (non-hydrogen) atoms. The Kier molecular flexibility index (Phi) is 3.58. The van der Waals surface area contributed by atoms with Crippen molar-refractivity contribution in [3.05, 3.63) is 23.8 Å². The average Bonchev–Trinajstić information content (AvgIpc) is 2.17. The number of benzene rings is 1. The lowest BCUT2D eigenvalue weighted by Crippen LogP contribution is -2.02. The molecule has 0 amide bonds. The molecule has 0 saturated carbocycles. The van der Waals surface area contributed by atoms with Crippen molar-refractivity contribution in [3.8, 4) is 5.75 Å². The Balaban J connectivity index is 2.78. The largest absolute Gasteiger partial charge is 0.497 e. The van der Waals surface area contributed by atoms with E-state index in [-0.39, 0.29) is 0 Å². The Morgan fingerprint density at radius 1 is 1.38 bits per heavy atom. The van der Waals surface area contributed by atoms with Crippen LogP contribution >= 0.6 is 0 Å². The number of rotatable bonds is 4. The maximum Gasteiger partial charge on any atom is 0.119 e. The lowest BCUT2D eigenvalue weighted by Gasteiger charge is -2.07. The maximum atomic E-state index is 5.79. The molecule has 1 rings (SSSR count). The maximum absolute atomic E-state index is 5.79. The first kappa shape index (κ1) is 9.86. The fraction of sp³-hybridized carbons (Fsp3) is 0.400. The van der Waals surface area contributed by atoms with Crippen LogP contribution in [0.1, 0.15) is 12.0 Å². The number of anilines is 1. The van der Waals surface area contributed by atoms with Gasteiger partial charge in [0, 0.05) is 5.69 Å². The summed E-state index contributed by atoms with van der Waals surface area (Å²) in [6.45, 7) is 0.691. The van der Waals surface area contributed by atoms with E-state index >= 15 is 0 Å². The standard InChI is InChI=1S/C10H16N2O/c1-13-9-4-5-10(12)8(7-9)3-2-6-11/h4-5,7H,2-3,6,11-12H2,1H3. The highest BCUT2D eigenvalue weighted by atomic mass is 16.5. The van der Waals surface area contributed by atoms with Crippen molar-refractivity contribution in [2.45, 2.75) is 12.8 Å². The lowest BCUT2D eigenvalue weighted by molar-refractivity contribution is 0.414. The Labute approximate surface area is 78.7 Å². The van der Waals surface area contributed by atoms with E-state index in [0.29, 0.717) is 6.54 Å². The Morgan fingerprint density at radius 2 is 2.15 bits per heavy atom. The average molecular weight is 180 g/mol. The monoisotopic (exact) mass is 180 g/mol. The van der Waals surface area contributed by atoms with Gasteiger partial charge in [0.05, 0.1) is 7.11 Å². The number of hydrogen-bond acceptors (Lipinski definition) is 3. The molecule has 4 N–H and O–H groups in total. The van der Waals surface area contributed by atoms with Crippen LogP contribution < -0.4 is 16.2 Å². The summed E-state index contributed by atoms with van der Waals surface area (Å²) in [6, 6.07) is 5.69. The van der Waals surface area contributed by atoms with E-state index in [2.05, 4.69) is 0 Å². The van der Waals surface area contributed by atoms with E-state index in [1.807, 2.05) is 18.2 Å². The third-order valence-electron chi connectivity index (χ3n) is 2.00. The zero-order valence-corrected chi connectivity index (χ0v) is 7.92. The molecule has 1 aromatic carbocycles. The van der Waals surface area contributed by atoms with Crippen LogP contribution in [0.2, 0.25) is 0 Å². The van der Waals surface area contributed by atoms with Crippen molar-refractivity contribution in [3.63, 3.8) is 0 Å². The lowest BCUT2D eigenvalue weighted by atomic mass is 10.1. The molecule has 0 aliphatic carbocycles. The number of methoxy groups -OCH3 is 1. The van der Waals surface area contributed by atoms with E-state index in [1.165, 1.54) is 0 Å². The smallest absolute Gasteiger partial charge is 0.119 e. The summed E-state index contributed by atoms with van der Waals surface area (Å²) in [5.74, 6) is 0.848. The second-order valence-corrected chi connectivity index (χ2v) is 2.96. The van der Waals surface area contributed by atoms with Gasteiger partial charge in [-0.3, -0.25) is 0 Å². The molecular formula is C10H16N2O. The van der Waals surface area contributed by atoms with Gasteiger partial charge < -0.3 is 16.2 Å². The van der Waals surface area contributed by atoms with Crippen LogP contribution in [0.25, 0.3) is 0 Å². The Morgan fingerprint density at radius 3 is 2.77 bits per heavy atom. The van der Waals surface area contributed by atoms with E-state index in [4.69, 9.17) is 16.2 Å². The van der Waals surface area contributed by atoms with Crippen molar-refractivity contribution in [1.29, 1.82) is 0 Å². The minimum atomic E-state index is 0.691. The van der Waals surface area contributed by atoms with E-state index < -0.39 is 0 Å². The van der Waals surface area contributed by atoms with E-state index in [1.54, 1.807) is 7.11 Å². The summed E-state index contributed by atoms with van der Waals surface area (Å²) in [5, 5.41) is 0. The number of nitrogen functional groups attached to an aromatic ring is 1. The van der Waals surface area contributed by atoms with Gasteiger partial charge in [-0.25, -0.2) is 0 Å². The van der Waals surface area contributed by atoms with Crippen molar-refractivity contribution < 1.29 is 4.74 Å². The number of hydrogen-bond donors (Lipinski definition) is 2. The molecule has 0 fully saturated rings. The number of ether oxygens (including phenoxy) is 1. The molecule has 3 nitrogen and oxygen atoms in total. The summed E-state index contributed by atoms with van der Waals surface area (Å²) in [4.78, 5) is 0. The SMILES string of the molecule is COc1ccc(N)c(CCCN)c1. The van der Waals surface area contributed by atoms with Gasteiger partial charge in [-0.05, 0) is 43.1 Å². The predicted molar refractivity (Wildman–Crippen MR) is 54.8 cm³/mol. The molecule has 3 heteroatoms. The van der Waals surface area contributed by atoms with Crippen LogP contribution in [0.3, 0.4) is 0 Å². The third-order valence-corrected chi connectivity index (χ3v) is 2.00. The minimum absolute atomic E-state index is 0.691. The van der Waals surface area contributed by atoms with E-state index in [0.717, 1.165) is 29.8 Å². The molecule has 0 aliphatic rings. The molecule has 0 unspecified atom stereocenters. The minimum Gasteiger partial charge on any atom is -0.497 e.